The first-order valence-corrected chi connectivity index (χ1v) is 11.3. The molecular weight excluding hydrogens is 412 g/mol. The van der Waals surface area contributed by atoms with E-state index in [1.54, 1.807) is 0 Å². The highest BCUT2D eigenvalue weighted by Gasteiger charge is 2.26. The molecule has 1 aliphatic rings. The van der Waals surface area contributed by atoms with Crippen LogP contribution in [0.3, 0.4) is 0 Å². The van der Waals surface area contributed by atoms with Crippen LogP contribution in [0.25, 0.3) is 22.0 Å². The molecule has 0 bridgehead atoms. The van der Waals surface area contributed by atoms with Gasteiger partial charge in [-0.25, -0.2) is 0 Å². The second-order valence-electron chi connectivity index (χ2n) is 8.01. The fraction of sp³-hybridized carbons (Fsp3) is 0.222. The largest absolute Gasteiger partial charge is 0.493 e. The molecule has 1 aliphatic heterocycles. The number of nitrogens with zero attached hydrogens (tertiary/aromatic N) is 4. The molecule has 0 aliphatic carbocycles. The number of hydrogen-bond acceptors (Lipinski definition) is 5. The molecular formula is C27H26N4O2. The lowest BCUT2D eigenvalue weighted by Crippen LogP contribution is -2.49. The summed E-state index contributed by atoms with van der Waals surface area (Å²) in [7, 11) is 0. The molecule has 2 heterocycles. The molecule has 0 N–H and O–H groups in total. The summed E-state index contributed by atoms with van der Waals surface area (Å²) < 4.78 is 5.82. The van der Waals surface area contributed by atoms with Crippen LogP contribution in [-0.4, -0.2) is 53.8 Å². The molecule has 0 spiro atoms. The van der Waals surface area contributed by atoms with Crippen molar-refractivity contribution in [3.05, 3.63) is 84.4 Å². The van der Waals surface area contributed by atoms with Gasteiger partial charge in [-0.05, 0) is 35.9 Å². The summed E-state index contributed by atoms with van der Waals surface area (Å²) in [5, 5.41) is 10.8. The van der Waals surface area contributed by atoms with E-state index in [4.69, 9.17) is 4.74 Å². The summed E-state index contributed by atoms with van der Waals surface area (Å²) >= 11 is 0. The maximum absolute atomic E-state index is 13.6. The van der Waals surface area contributed by atoms with Crippen molar-refractivity contribution in [3.63, 3.8) is 0 Å². The first-order chi connectivity index (χ1) is 16.2. The predicted molar refractivity (Wildman–Crippen MR) is 131 cm³/mol. The highest BCUT2D eigenvalue weighted by Crippen LogP contribution is 2.30. The van der Waals surface area contributed by atoms with Crippen LogP contribution in [0, 0.1) is 0 Å². The summed E-state index contributed by atoms with van der Waals surface area (Å²) in [5.74, 6) is 1.49. The van der Waals surface area contributed by atoms with Gasteiger partial charge >= 0.3 is 0 Å². The molecule has 1 amide bonds. The van der Waals surface area contributed by atoms with Gasteiger partial charge in [0.25, 0.3) is 5.91 Å². The quantitative estimate of drug-likeness (QED) is 0.454. The zero-order valence-corrected chi connectivity index (χ0v) is 18.6. The lowest BCUT2D eigenvalue weighted by atomic mass is 10.0. The topological polar surface area (TPSA) is 58.6 Å². The van der Waals surface area contributed by atoms with E-state index in [0.717, 1.165) is 27.8 Å². The molecule has 1 aromatic heterocycles. The Morgan fingerprint density at radius 3 is 2.33 bits per heavy atom. The van der Waals surface area contributed by atoms with E-state index in [1.807, 2.05) is 90.7 Å². The average Bonchev–Trinajstić information content (AvgIpc) is 2.89. The van der Waals surface area contributed by atoms with Crippen molar-refractivity contribution in [1.82, 2.24) is 15.1 Å². The van der Waals surface area contributed by atoms with E-state index >= 15 is 0 Å². The minimum atomic E-state index is 0.0143. The lowest BCUT2D eigenvalue weighted by molar-refractivity contribution is 0.0744. The number of benzene rings is 3. The van der Waals surface area contributed by atoms with Crippen molar-refractivity contribution in [3.8, 4) is 17.0 Å². The van der Waals surface area contributed by atoms with Gasteiger partial charge in [0.05, 0.1) is 17.9 Å². The highest BCUT2D eigenvalue weighted by atomic mass is 16.5. The third-order valence-corrected chi connectivity index (χ3v) is 6.02. The maximum Gasteiger partial charge on any atom is 0.258 e. The monoisotopic (exact) mass is 438 g/mol. The highest BCUT2D eigenvalue weighted by molar-refractivity contribution is 6.09. The number of ether oxygens (including phenoxy) is 1. The van der Waals surface area contributed by atoms with Gasteiger partial charge in [-0.1, -0.05) is 60.7 Å². The molecule has 0 saturated carbocycles. The van der Waals surface area contributed by atoms with Gasteiger partial charge in [-0.3, -0.25) is 4.79 Å². The SMILES string of the molecule is CCOc1ccc2ccccc2c1C(=O)N1CCN(c2ccc(-c3ccccc3)nn2)CC1. The Morgan fingerprint density at radius 2 is 1.61 bits per heavy atom. The molecule has 166 valence electrons. The van der Waals surface area contributed by atoms with Crippen molar-refractivity contribution >= 4 is 22.5 Å². The van der Waals surface area contributed by atoms with E-state index in [9.17, 15) is 4.79 Å². The number of fused-ring (bicyclic) bond motifs is 1. The number of aromatic nitrogens is 2. The van der Waals surface area contributed by atoms with Crippen molar-refractivity contribution in [2.75, 3.05) is 37.7 Å². The fourth-order valence-corrected chi connectivity index (χ4v) is 4.30. The van der Waals surface area contributed by atoms with Crippen LogP contribution < -0.4 is 9.64 Å². The van der Waals surface area contributed by atoms with Crippen LogP contribution >= 0.6 is 0 Å². The first kappa shape index (κ1) is 20.9. The molecule has 0 atom stereocenters. The van der Waals surface area contributed by atoms with E-state index in [0.29, 0.717) is 44.1 Å². The smallest absolute Gasteiger partial charge is 0.258 e. The van der Waals surface area contributed by atoms with Crippen molar-refractivity contribution < 1.29 is 9.53 Å². The summed E-state index contributed by atoms with van der Waals surface area (Å²) in [6, 6.07) is 25.9. The maximum atomic E-state index is 13.6. The van der Waals surface area contributed by atoms with Gasteiger partial charge in [0.15, 0.2) is 5.82 Å². The number of hydrogen-bond donors (Lipinski definition) is 0. The number of amides is 1. The Bertz CT molecular complexity index is 1250. The molecule has 1 saturated heterocycles. The van der Waals surface area contributed by atoms with Crippen molar-refractivity contribution in [2.45, 2.75) is 6.92 Å². The molecule has 1 fully saturated rings. The minimum Gasteiger partial charge on any atom is -0.493 e. The molecule has 0 radical (unpaired) electrons. The molecule has 3 aromatic carbocycles. The Kier molecular flexibility index (Phi) is 5.89. The number of carbonyl (C=O) groups excluding carboxylic acids is 1. The van der Waals surface area contributed by atoms with Crippen molar-refractivity contribution in [1.29, 1.82) is 0 Å². The van der Waals surface area contributed by atoms with Gasteiger partial charge in [-0.2, -0.15) is 0 Å². The van der Waals surface area contributed by atoms with Crippen molar-refractivity contribution in [2.24, 2.45) is 0 Å². The second-order valence-corrected chi connectivity index (χ2v) is 8.01. The molecule has 4 aromatic rings. The number of anilines is 1. The zero-order chi connectivity index (χ0) is 22.6. The third-order valence-electron chi connectivity index (χ3n) is 6.02. The standard InChI is InChI=1S/C27H26N4O2/c1-2-33-24-14-12-20-8-6-7-11-22(20)26(24)27(32)31-18-16-30(17-19-31)25-15-13-23(28-29-25)21-9-4-3-5-10-21/h3-15H,2,16-19H2,1H3. The molecule has 6 heteroatoms. The Hall–Kier alpha value is -3.93. The minimum absolute atomic E-state index is 0.0143. The first-order valence-electron chi connectivity index (χ1n) is 11.3. The number of carbonyl (C=O) groups is 1. The van der Waals surface area contributed by atoms with Gasteiger partial charge in [0.2, 0.25) is 0 Å². The summed E-state index contributed by atoms with van der Waals surface area (Å²) in [5.41, 5.74) is 2.55. The Morgan fingerprint density at radius 1 is 0.848 bits per heavy atom. The molecule has 33 heavy (non-hydrogen) atoms. The fourth-order valence-electron chi connectivity index (χ4n) is 4.30. The number of rotatable bonds is 5. The second kappa shape index (κ2) is 9.28. The van der Waals surface area contributed by atoms with Gasteiger partial charge in [0.1, 0.15) is 5.75 Å². The van der Waals surface area contributed by atoms with Crippen LogP contribution in [0.4, 0.5) is 5.82 Å². The third kappa shape index (κ3) is 4.24. The van der Waals surface area contributed by atoms with Crippen LogP contribution in [0.15, 0.2) is 78.9 Å². The molecule has 0 unspecified atom stereocenters. The average molecular weight is 439 g/mol. The Balaban J connectivity index is 1.32. The summed E-state index contributed by atoms with van der Waals surface area (Å²) in [6.07, 6.45) is 0. The zero-order valence-electron chi connectivity index (χ0n) is 18.6. The molecule has 6 nitrogen and oxygen atoms in total. The van der Waals surface area contributed by atoms with Gasteiger partial charge in [-0.15, -0.1) is 10.2 Å². The predicted octanol–water partition coefficient (Wildman–Crippen LogP) is 4.66. The van der Waals surface area contributed by atoms with E-state index in [1.165, 1.54) is 0 Å². The van der Waals surface area contributed by atoms with Crippen LogP contribution in [0.5, 0.6) is 5.75 Å². The van der Waals surface area contributed by atoms with E-state index < -0.39 is 0 Å². The van der Waals surface area contributed by atoms with E-state index in [-0.39, 0.29) is 5.91 Å². The normalized spacial score (nSPS) is 13.8. The molecule has 5 rings (SSSR count). The Labute approximate surface area is 193 Å². The van der Waals surface area contributed by atoms with E-state index in [2.05, 4.69) is 15.1 Å². The van der Waals surface area contributed by atoms with Gasteiger partial charge < -0.3 is 14.5 Å². The summed E-state index contributed by atoms with van der Waals surface area (Å²) in [6.45, 7) is 5.11. The van der Waals surface area contributed by atoms with Crippen LogP contribution in [0.2, 0.25) is 0 Å². The van der Waals surface area contributed by atoms with Crippen LogP contribution in [-0.2, 0) is 0 Å². The van der Waals surface area contributed by atoms with Crippen LogP contribution in [0.1, 0.15) is 17.3 Å². The van der Waals surface area contributed by atoms with Gasteiger partial charge in [0, 0.05) is 31.7 Å². The number of piperazine rings is 1. The summed E-state index contributed by atoms with van der Waals surface area (Å²) in [4.78, 5) is 17.6. The lowest BCUT2D eigenvalue weighted by Gasteiger charge is -2.35.